The van der Waals surface area contributed by atoms with E-state index in [-0.39, 0.29) is 5.91 Å². The van der Waals surface area contributed by atoms with Gasteiger partial charge in [0.15, 0.2) is 5.79 Å². The highest BCUT2D eigenvalue weighted by Gasteiger charge is 2.55. The Labute approximate surface area is 139 Å². The summed E-state index contributed by atoms with van der Waals surface area (Å²) in [6, 6.07) is 6.04. The second-order valence-corrected chi connectivity index (χ2v) is 7.46. The van der Waals surface area contributed by atoms with E-state index >= 15 is 0 Å². The molecule has 1 saturated heterocycles. The van der Waals surface area contributed by atoms with Gasteiger partial charge in [-0.1, -0.05) is 32.0 Å². The van der Waals surface area contributed by atoms with E-state index in [0.717, 1.165) is 23.2 Å². The molecule has 1 aliphatic rings. The number of anilines is 1. The zero-order chi connectivity index (χ0) is 17.4. The second kappa shape index (κ2) is 6.25. The highest BCUT2D eigenvalue weighted by molar-refractivity contribution is 5.98. The van der Waals surface area contributed by atoms with Gasteiger partial charge in [0.25, 0.3) is 0 Å². The third kappa shape index (κ3) is 3.15. The molecule has 1 heterocycles. The van der Waals surface area contributed by atoms with Crippen molar-refractivity contribution >= 4 is 11.6 Å². The fraction of sp³-hybridized carbons (Fsp3) is 0.632. The van der Waals surface area contributed by atoms with Crippen LogP contribution in [0.25, 0.3) is 0 Å². The minimum atomic E-state index is -1.34. The minimum absolute atomic E-state index is 0.0559. The molecule has 0 saturated carbocycles. The molecule has 1 aliphatic heterocycles. The summed E-state index contributed by atoms with van der Waals surface area (Å²) in [4.78, 5) is 14.6. The van der Waals surface area contributed by atoms with Gasteiger partial charge < -0.3 is 14.7 Å². The normalized spacial score (nSPS) is 24.3. The lowest BCUT2D eigenvalue weighted by molar-refractivity contribution is -0.246. The van der Waals surface area contributed by atoms with Crippen molar-refractivity contribution in [2.45, 2.75) is 53.2 Å². The summed E-state index contributed by atoms with van der Waals surface area (Å²) in [5.41, 5.74) is 2.53. The predicted molar refractivity (Wildman–Crippen MR) is 92.4 cm³/mol. The van der Waals surface area contributed by atoms with Gasteiger partial charge in [0.2, 0.25) is 5.91 Å². The highest BCUT2D eigenvalue weighted by Crippen LogP contribution is 2.48. The summed E-state index contributed by atoms with van der Waals surface area (Å²) in [6.45, 7) is 10.4. The molecule has 2 unspecified atom stereocenters. The van der Waals surface area contributed by atoms with Gasteiger partial charge in [-0.15, -0.1) is 0 Å². The maximum Gasteiger partial charge on any atom is 0.227 e. The van der Waals surface area contributed by atoms with Crippen molar-refractivity contribution in [3.8, 4) is 0 Å². The van der Waals surface area contributed by atoms with E-state index in [4.69, 9.17) is 4.74 Å². The molecule has 1 aromatic carbocycles. The monoisotopic (exact) mass is 319 g/mol. The van der Waals surface area contributed by atoms with Crippen LogP contribution in [0.3, 0.4) is 0 Å². The lowest BCUT2D eigenvalue weighted by Gasteiger charge is -2.42. The summed E-state index contributed by atoms with van der Waals surface area (Å²) >= 11 is 0. The summed E-state index contributed by atoms with van der Waals surface area (Å²) in [5, 5.41) is 10.8. The van der Waals surface area contributed by atoms with Crippen LogP contribution in [0.15, 0.2) is 18.2 Å². The van der Waals surface area contributed by atoms with E-state index < -0.39 is 11.2 Å². The van der Waals surface area contributed by atoms with Crippen LogP contribution in [-0.4, -0.2) is 30.5 Å². The van der Waals surface area contributed by atoms with Crippen LogP contribution in [0, 0.1) is 25.2 Å². The lowest BCUT2D eigenvalue weighted by Crippen LogP contribution is -2.50. The molecule has 0 aliphatic carbocycles. The zero-order valence-corrected chi connectivity index (χ0v) is 15.1. The molecule has 0 aromatic heterocycles. The largest absolute Gasteiger partial charge is 0.365 e. The number of ether oxygens (including phenoxy) is 1. The minimum Gasteiger partial charge on any atom is -0.365 e. The van der Waals surface area contributed by atoms with Gasteiger partial charge in [-0.3, -0.25) is 4.79 Å². The van der Waals surface area contributed by atoms with Gasteiger partial charge in [-0.25, -0.2) is 0 Å². The lowest BCUT2D eigenvalue weighted by atomic mass is 9.72. The fourth-order valence-corrected chi connectivity index (χ4v) is 3.90. The Kier molecular flexibility index (Phi) is 4.88. The molecule has 4 nitrogen and oxygen atoms in total. The van der Waals surface area contributed by atoms with Gasteiger partial charge in [-0.05, 0) is 44.2 Å². The van der Waals surface area contributed by atoms with E-state index in [1.807, 2.05) is 36.9 Å². The first kappa shape index (κ1) is 18.0. The highest BCUT2D eigenvalue weighted by atomic mass is 16.6. The smallest absolute Gasteiger partial charge is 0.227 e. The average Bonchev–Trinajstić information content (AvgIpc) is 2.76. The summed E-state index contributed by atoms with van der Waals surface area (Å²) < 4.78 is 5.40. The summed E-state index contributed by atoms with van der Waals surface area (Å²) in [7, 11) is 1.51. The molecule has 0 radical (unpaired) electrons. The van der Waals surface area contributed by atoms with E-state index in [1.165, 1.54) is 7.11 Å². The number of para-hydroxylation sites is 1. The van der Waals surface area contributed by atoms with Crippen LogP contribution in [0.1, 0.15) is 44.7 Å². The topological polar surface area (TPSA) is 49.8 Å². The second-order valence-electron chi connectivity index (χ2n) is 7.46. The Morgan fingerprint density at radius 3 is 2.39 bits per heavy atom. The van der Waals surface area contributed by atoms with Gasteiger partial charge in [0.05, 0.1) is 5.41 Å². The number of aryl methyl sites for hydroxylation is 2. The third-order valence-corrected chi connectivity index (χ3v) is 5.14. The summed E-state index contributed by atoms with van der Waals surface area (Å²) in [5.74, 6) is -0.916. The number of rotatable bonds is 5. The Morgan fingerprint density at radius 1 is 1.35 bits per heavy atom. The van der Waals surface area contributed by atoms with Crippen LogP contribution in [-0.2, 0) is 9.53 Å². The molecule has 23 heavy (non-hydrogen) atoms. The van der Waals surface area contributed by atoms with Crippen molar-refractivity contribution in [3.05, 3.63) is 29.3 Å². The molecule has 2 rings (SSSR count). The van der Waals surface area contributed by atoms with Crippen molar-refractivity contribution in [1.82, 2.24) is 0 Å². The number of hydrogen-bond acceptors (Lipinski definition) is 3. The molecule has 128 valence electrons. The predicted octanol–water partition coefficient (Wildman–Crippen LogP) is 3.43. The molecule has 1 aromatic rings. The van der Waals surface area contributed by atoms with E-state index in [2.05, 4.69) is 13.8 Å². The standard InChI is InChI=1S/C19H29NO3/c1-13(2)10-19(18(5,22)23-6)11-16(21)20(12-19)17-14(3)8-7-9-15(17)4/h7-9,13,22H,10-12H2,1-6H3. The number of methoxy groups -OCH3 is 1. The number of nitrogens with zero attached hydrogens (tertiary/aromatic N) is 1. The number of carbonyl (C=O) groups excluding carboxylic acids is 1. The number of benzene rings is 1. The van der Waals surface area contributed by atoms with Crippen molar-refractivity contribution in [3.63, 3.8) is 0 Å². The molecule has 0 spiro atoms. The Bertz CT molecular complexity index is 574. The van der Waals surface area contributed by atoms with Crippen LogP contribution in [0.5, 0.6) is 0 Å². The SMILES string of the molecule is COC(C)(O)C1(CC(C)C)CC(=O)N(c2c(C)cccc2C)C1. The molecular weight excluding hydrogens is 290 g/mol. The van der Waals surface area contributed by atoms with E-state index in [1.54, 1.807) is 6.92 Å². The maximum absolute atomic E-state index is 12.8. The first-order valence-electron chi connectivity index (χ1n) is 8.27. The Morgan fingerprint density at radius 2 is 1.91 bits per heavy atom. The molecule has 1 fully saturated rings. The van der Waals surface area contributed by atoms with Crippen molar-refractivity contribution in [2.24, 2.45) is 11.3 Å². The van der Waals surface area contributed by atoms with Gasteiger partial charge >= 0.3 is 0 Å². The maximum atomic E-state index is 12.8. The quantitative estimate of drug-likeness (QED) is 0.846. The van der Waals surface area contributed by atoms with Crippen molar-refractivity contribution in [2.75, 3.05) is 18.6 Å². The molecule has 1 N–H and O–H groups in total. The summed E-state index contributed by atoms with van der Waals surface area (Å²) in [6.07, 6.45) is 1.04. The number of amides is 1. The van der Waals surface area contributed by atoms with Crippen molar-refractivity contribution in [1.29, 1.82) is 0 Å². The van der Waals surface area contributed by atoms with Crippen LogP contribution < -0.4 is 4.90 Å². The first-order valence-corrected chi connectivity index (χ1v) is 8.27. The molecule has 0 bridgehead atoms. The van der Waals surface area contributed by atoms with Gasteiger partial charge in [0, 0.05) is 25.8 Å². The zero-order valence-electron chi connectivity index (χ0n) is 15.1. The fourth-order valence-electron chi connectivity index (χ4n) is 3.90. The van der Waals surface area contributed by atoms with Crippen LogP contribution in [0.4, 0.5) is 5.69 Å². The number of carbonyl (C=O) groups is 1. The van der Waals surface area contributed by atoms with Gasteiger partial charge in [-0.2, -0.15) is 0 Å². The third-order valence-electron chi connectivity index (χ3n) is 5.14. The van der Waals surface area contributed by atoms with Crippen LogP contribution >= 0.6 is 0 Å². The molecule has 1 amide bonds. The molecule has 4 heteroatoms. The van der Waals surface area contributed by atoms with E-state index in [0.29, 0.717) is 18.9 Å². The average molecular weight is 319 g/mol. The Balaban J connectivity index is 2.46. The Hall–Kier alpha value is -1.39. The van der Waals surface area contributed by atoms with Crippen molar-refractivity contribution < 1.29 is 14.6 Å². The number of hydrogen-bond donors (Lipinski definition) is 1. The molecule has 2 atom stereocenters. The molecular formula is C19H29NO3. The van der Waals surface area contributed by atoms with Crippen LogP contribution in [0.2, 0.25) is 0 Å². The van der Waals surface area contributed by atoms with Gasteiger partial charge in [0.1, 0.15) is 0 Å². The number of aliphatic hydroxyl groups is 1. The van der Waals surface area contributed by atoms with E-state index in [9.17, 15) is 9.90 Å². The first-order chi connectivity index (χ1) is 10.6.